The monoisotopic (exact) mass is 302 g/mol. The van der Waals surface area contributed by atoms with Gasteiger partial charge in [0.25, 0.3) is 5.69 Å². The van der Waals surface area contributed by atoms with Crippen LogP contribution in [0.2, 0.25) is 0 Å². The molecule has 0 unspecified atom stereocenters. The zero-order valence-corrected chi connectivity index (χ0v) is 11.0. The summed E-state index contributed by atoms with van der Waals surface area (Å²) in [6, 6.07) is 5.44. The maximum atomic E-state index is 12.4. The van der Waals surface area contributed by atoms with Crippen LogP contribution in [0.15, 0.2) is 36.9 Å². The number of hydrogen-bond donors (Lipinski definition) is 0. The third kappa shape index (κ3) is 5.25. The van der Waals surface area contributed by atoms with Crippen LogP contribution in [0.25, 0.3) is 0 Å². The highest BCUT2D eigenvalue weighted by Gasteiger charge is 2.32. The van der Waals surface area contributed by atoms with Crippen molar-refractivity contribution in [3.63, 3.8) is 0 Å². The Morgan fingerprint density at radius 2 is 2.00 bits per heavy atom. The van der Waals surface area contributed by atoms with Crippen molar-refractivity contribution in [3.8, 4) is 0 Å². The first-order valence-electron chi connectivity index (χ1n) is 5.92. The van der Waals surface area contributed by atoms with Gasteiger partial charge in [-0.3, -0.25) is 14.9 Å². The zero-order valence-electron chi connectivity index (χ0n) is 11.0. The predicted octanol–water partition coefficient (Wildman–Crippen LogP) is 2.71. The number of nitrogens with zero attached hydrogens (tertiary/aromatic N) is 2. The van der Waals surface area contributed by atoms with Gasteiger partial charge in [-0.15, -0.1) is 6.58 Å². The molecule has 1 aromatic rings. The Morgan fingerprint density at radius 1 is 1.38 bits per heavy atom. The highest BCUT2D eigenvalue weighted by molar-refractivity contribution is 5.80. The lowest BCUT2D eigenvalue weighted by Gasteiger charge is -2.22. The van der Waals surface area contributed by atoms with Gasteiger partial charge in [-0.05, 0) is 0 Å². The minimum atomic E-state index is -4.54. The molecule has 0 radical (unpaired) electrons. The van der Waals surface area contributed by atoms with E-state index in [0.717, 1.165) is 0 Å². The first-order chi connectivity index (χ1) is 9.74. The van der Waals surface area contributed by atoms with Gasteiger partial charge in [0.05, 0.1) is 11.3 Å². The SMILES string of the molecule is C=CCN(CC(F)(F)F)C(=O)Cc1ccccc1[N+](=O)[O-]. The standard InChI is InChI=1S/C13H13F3N2O3/c1-2-7-17(9-13(14,15)16)12(19)8-10-5-3-4-6-11(10)18(20)21/h2-6H,1,7-9H2. The molecule has 0 saturated carbocycles. The molecule has 0 aliphatic heterocycles. The number of nitro groups is 1. The Labute approximate surface area is 118 Å². The van der Waals surface area contributed by atoms with E-state index >= 15 is 0 Å². The Balaban J connectivity index is 2.92. The second-order valence-electron chi connectivity index (χ2n) is 4.24. The second kappa shape index (κ2) is 6.87. The van der Waals surface area contributed by atoms with Crippen LogP contribution >= 0.6 is 0 Å². The number of para-hydroxylation sites is 1. The molecule has 0 spiro atoms. The van der Waals surface area contributed by atoms with Gasteiger partial charge in [-0.2, -0.15) is 13.2 Å². The van der Waals surface area contributed by atoms with E-state index in [-0.39, 0.29) is 17.8 Å². The van der Waals surface area contributed by atoms with Crippen LogP contribution in [0.1, 0.15) is 5.56 Å². The zero-order chi connectivity index (χ0) is 16.0. The van der Waals surface area contributed by atoms with Crippen LogP contribution in [0.4, 0.5) is 18.9 Å². The van der Waals surface area contributed by atoms with Crippen LogP contribution in [0, 0.1) is 10.1 Å². The summed E-state index contributed by atoms with van der Waals surface area (Å²) in [5, 5.41) is 10.8. The van der Waals surface area contributed by atoms with E-state index in [0.29, 0.717) is 4.90 Å². The molecule has 0 bridgehead atoms. The molecule has 0 atom stereocenters. The smallest absolute Gasteiger partial charge is 0.330 e. The molecule has 1 aromatic carbocycles. The molecule has 0 N–H and O–H groups in total. The normalized spacial score (nSPS) is 11.0. The topological polar surface area (TPSA) is 63.5 Å². The molecule has 1 rings (SSSR count). The van der Waals surface area contributed by atoms with Gasteiger partial charge in [0.1, 0.15) is 6.54 Å². The van der Waals surface area contributed by atoms with E-state index in [1.54, 1.807) is 0 Å². The summed E-state index contributed by atoms with van der Waals surface area (Å²) in [6.45, 7) is 1.60. The molecule has 21 heavy (non-hydrogen) atoms. The van der Waals surface area contributed by atoms with E-state index in [4.69, 9.17) is 0 Å². The van der Waals surface area contributed by atoms with Crippen molar-refractivity contribution < 1.29 is 22.9 Å². The highest BCUT2D eigenvalue weighted by atomic mass is 19.4. The van der Waals surface area contributed by atoms with Crippen LogP contribution in [0.3, 0.4) is 0 Å². The predicted molar refractivity (Wildman–Crippen MR) is 69.6 cm³/mol. The minimum absolute atomic E-state index is 0.0729. The van der Waals surface area contributed by atoms with Crippen molar-refractivity contribution in [2.24, 2.45) is 0 Å². The summed E-state index contributed by atoms with van der Waals surface area (Å²) in [4.78, 5) is 22.6. The Hall–Kier alpha value is -2.38. The van der Waals surface area contributed by atoms with Crippen LogP contribution in [0.5, 0.6) is 0 Å². The largest absolute Gasteiger partial charge is 0.406 e. The van der Waals surface area contributed by atoms with Crippen molar-refractivity contribution >= 4 is 11.6 Å². The van der Waals surface area contributed by atoms with Crippen molar-refractivity contribution in [1.82, 2.24) is 4.90 Å². The maximum absolute atomic E-state index is 12.4. The number of alkyl halides is 3. The van der Waals surface area contributed by atoms with E-state index in [1.165, 1.54) is 30.3 Å². The van der Waals surface area contributed by atoms with E-state index in [2.05, 4.69) is 6.58 Å². The molecule has 8 heteroatoms. The van der Waals surface area contributed by atoms with Gasteiger partial charge in [0.15, 0.2) is 0 Å². The quantitative estimate of drug-likeness (QED) is 0.461. The molecule has 5 nitrogen and oxygen atoms in total. The third-order valence-electron chi connectivity index (χ3n) is 2.60. The summed E-state index contributed by atoms with van der Waals surface area (Å²) in [6.07, 6.45) is -3.84. The molecule has 0 aliphatic carbocycles. The number of hydrogen-bond acceptors (Lipinski definition) is 3. The first-order valence-corrected chi connectivity index (χ1v) is 5.92. The molecule has 1 amide bonds. The number of carbonyl (C=O) groups is 1. The van der Waals surface area contributed by atoms with E-state index in [9.17, 15) is 28.1 Å². The van der Waals surface area contributed by atoms with Crippen molar-refractivity contribution in [3.05, 3.63) is 52.6 Å². The van der Waals surface area contributed by atoms with Crippen LogP contribution < -0.4 is 0 Å². The van der Waals surface area contributed by atoms with Gasteiger partial charge in [-0.1, -0.05) is 24.3 Å². The Kier molecular flexibility index (Phi) is 5.45. The summed E-state index contributed by atoms with van der Waals surface area (Å²) in [7, 11) is 0. The highest BCUT2D eigenvalue weighted by Crippen LogP contribution is 2.21. The van der Waals surface area contributed by atoms with E-state index < -0.39 is 30.0 Å². The van der Waals surface area contributed by atoms with Crippen molar-refractivity contribution in [1.29, 1.82) is 0 Å². The van der Waals surface area contributed by atoms with Crippen molar-refractivity contribution in [2.75, 3.05) is 13.1 Å². The average Bonchev–Trinajstić information content (AvgIpc) is 2.37. The summed E-state index contributed by atoms with van der Waals surface area (Å²) < 4.78 is 37.2. The molecule has 0 fully saturated rings. The minimum Gasteiger partial charge on any atom is -0.330 e. The molecular weight excluding hydrogens is 289 g/mol. The van der Waals surface area contributed by atoms with E-state index in [1.807, 2.05) is 0 Å². The first kappa shape index (κ1) is 16.7. The van der Waals surface area contributed by atoms with Gasteiger partial charge in [-0.25, -0.2) is 0 Å². The number of carbonyl (C=O) groups excluding carboxylic acids is 1. The second-order valence-corrected chi connectivity index (χ2v) is 4.24. The van der Waals surface area contributed by atoms with Gasteiger partial charge < -0.3 is 4.90 Å². The fourth-order valence-corrected chi connectivity index (χ4v) is 1.74. The number of nitro benzene ring substituents is 1. The molecule has 114 valence electrons. The van der Waals surface area contributed by atoms with Gasteiger partial charge in [0, 0.05) is 18.2 Å². The lowest BCUT2D eigenvalue weighted by atomic mass is 10.1. The summed E-state index contributed by atoms with van der Waals surface area (Å²) in [5.74, 6) is -0.846. The molecule has 0 aliphatic rings. The number of halogens is 3. The molecule has 0 aromatic heterocycles. The molecule has 0 saturated heterocycles. The fourth-order valence-electron chi connectivity index (χ4n) is 1.74. The molecule has 0 heterocycles. The number of rotatable bonds is 6. The lowest BCUT2D eigenvalue weighted by Crippen LogP contribution is -2.39. The van der Waals surface area contributed by atoms with Crippen molar-refractivity contribution in [2.45, 2.75) is 12.6 Å². The third-order valence-corrected chi connectivity index (χ3v) is 2.60. The average molecular weight is 302 g/mol. The molecular formula is C13H13F3N2O3. The van der Waals surface area contributed by atoms with Crippen LogP contribution in [-0.4, -0.2) is 35.0 Å². The summed E-state index contributed by atoms with van der Waals surface area (Å²) in [5.41, 5.74) is -0.222. The van der Waals surface area contributed by atoms with Crippen LogP contribution in [-0.2, 0) is 11.2 Å². The lowest BCUT2D eigenvalue weighted by molar-refractivity contribution is -0.385. The Bertz CT molecular complexity index is 544. The van der Waals surface area contributed by atoms with Gasteiger partial charge in [0.2, 0.25) is 5.91 Å². The Morgan fingerprint density at radius 3 is 2.52 bits per heavy atom. The fraction of sp³-hybridized carbons (Fsp3) is 0.308. The maximum Gasteiger partial charge on any atom is 0.406 e. The summed E-state index contributed by atoms with van der Waals surface area (Å²) >= 11 is 0. The van der Waals surface area contributed by atoms with Gasteiger partial charge >= 0.3 is 6.18 Å². The number of amides is 1. The number of benzene rings is 1.